The molecule has 4 nitrogen and oxygen atoms in total. The van der Waals surface area contributed by atoms with Crippen LogP contribution in [0, 0.1) is 6.92 Å². The first kappa shape index (κ1) is 20.2. The molecule has 5 heteroatoms. The summed E-state index contributed by atoms with van der Waals surface area (Å²) in [7, 11) is 0. The fraction of sp³-hybridized carbons (Fsp3) is 0.200. The van der Waals surface area contributed by atoms with E-state index in [0.29, 0.717) is 18.0 Å². The number of carbonyl (C=O) groups excluding carboxylic acids is 1. The lowest BCUT2D eigenvalue weighted by Gasteiger charge is -2.11. The Morgan fingerprint density at radius 3 is 2.67 bits per heavy atom. The van der Waals surface area contributed by atoms with Crippen molar-refractivity contribution in [2.75, 3.05) is 6.54 Å². The second kappa shape index (κ2) is 9.14. The summed E-state index contributed by atoms with van der Waals surface area (Å²) in [5, 5.41) is 3.62. The average molecular weight is 418 g/mol. The lowest BCUT2D eigenvalue weighted by Crippen LogP contribution is -2.28. The standard InChI is InChI=1S/C25H24ClN3O/c1-18-7-6-8-19(15-18)17-29-23-12-5-4-11-22(23)28-24(29)13-14-27-25(30)16-20-9-2-3-10-21(20)26/h2-12,15H,13-14,16-17H2,1H3,(H,27,30). The molecule has 1 heterocycles. The van der Waals surface area contributed by atoms with Gasteiger partial charge in [-0.3, -0.25) is 4.79 Å². The predicted molar refractivity (Wildman–Crippen MR) is 122 cm³/mol. The zero-order chi connectivity index (χ0) is 20.9. The third kappa shape index (κ3) is 4.71. The maximum absolute atomic E-state index is 12.3. The topological polar surface area (TPSA) is 46.9 Å². The van der Waals surface area contributed by atoms with Crippen LogP contribution in [0.3, 0.4) is 0 Å². The molecule has 0 aliphatic carbocycles. The Kier molecular flexibility index (Phi) is 6.15. The summed E-state index contributed by atoms with van der Waals surface area (Å²) in [4.78, 5) is 17.2. The van der Waals surface area contributed by atoms with Gasteiger partial charge in [-0.25, -0.2) is 4.98 Å². The van der Waals surface area contributed by atoms with Crippen LogP contribution in [0.5, 0.6) is 0 Å². The highest BCUT2D eigenvalue weighted by Crippen LogP contribution is 2.19. The van der Waals surface area contributed by atoms with E-state index in [9.17, 15) is 4.79 Å². The molecule has 0 unspecified atom stereocenters. The van der Waals surface area contributed by atoms with Gasteiger partial charge in [-0.05, 0) is 36.2 Å². The minimum Gasteiger partial charge on any atom is -0.355 e. The monoisotopic (exact) mass is 417 g/mol. The Morgan fingerprint density at radius 1 is 1.03 bits per heavy atom. The van der Waals surface area contributed by atoms with E-state index in [0.717, 1.165) is 29.0 Å². The third-order valence-electron chi connectivity index (χ3n) is 5.14. The fourth-order valence-electron chi connectivity index (χ4n) is 3.68. The number of benzene rings is 3. The molecular formula is C25H24ClN3O. The van der Waals surface area contributed by atoms with E-state index in [-0.39, 0.29) is 12.3 Å². The molecule has 0 saturated carbocycles. The van der Waals surface area contributed by atoms with Crippen molar-refractivity contribution in [1.29, 1.82) is 0 Å². The Bertz CT molecular complexity index is 1180. The Hall–Kier alpha value is -3.11. The van der Waals surface area contributed by atoms with Crippen LogP contribution in [0.4, 0.5) is 0 Å². The van der Waals surface area contributed by atoms with Gasteiger partial charge < -0.3 is 9.88 Å². The number of rotatable bonds is 7. The molecular weight excluding hydrogens is 394 g/mol. The summed E-state index contributed by atoms with van der Waals surface area (Å²) >= 11 is 6.16. The SMILES string of the molecule is Cc1cccc(Cn2c(CCNC(=O)Cc3ccccc3Cl)nc3ccccc32)c1. The van der Waals surface area contributed by atoms with Gasteiger partial charge in [-0.1, -0.05) is 71.8 Å². The van der Waals surface area contributed by atoms with Crippen LogP contribution >= 0.6 is 11.6 Å². The molecule has 1 amide bonds. The Labute approximate surface area is 181 Å². The molecule has 0 aliphatic rings. The van der Waals surface area contributed by atoms with Crippen molar-refractivity contribution < 1.29 is 4.79 Å². The van der Waals surface area contributed by atoms with Crippen LogP contribution in [0.2, 0.25) is 5.02 Å². The van der Waals surface area contributed by atoms with Crippen LogP contribution in [-0.4, -0.2) is 22.0 Å². The smallest absolute Gasteiger partial charge is 0.224 e. The lowest BCUT2D eigenvalue weighted by atomic mass is 10.1. The summed E-state index contributed by atoms with van der Waals surface area (Å²) in [6, 6.07) is 24.1. The van der Waals surface area contributed by atoms with Crippen molar-refractivity contribution in [2.45, 2.75) is 26.3 Å². The van der Waals surface area contributed by atoms with E-state index < -0.39 is 0 Å². The Morgan fingerprint density at radius 2 is 1.83 bits per heavy atom. The van der Waals surface area contributed by atoms with E-state index in [4.69, 9.17) is 16.6 Å². The number of imidazole rings is 1. The molecule has 0 spiro atoms. The second-order valence-corrected chi connectivity index (χ2v) is 7.87. The molecule has 3 aromatic carbocycles. The molecule has 0 radical (unpaired) electrons. The first-order valence-corrected chi connectivity index (χ1v) is 10.5. The van der Waals surface area contributed by atoms with Crippen molar-refractivity contribution in [1.82, 2.24) is 14.9 Å². The summed E-state index contributed by atoms with van der Waals surface area (Å²) in [6.45, 7) is 3.39. The summed E-state index contributed by atoms with van der Waals surface area (Å²) in [5.41, 5.74) is 5.40. The largest absolute Gasteiger partial charge is 0.355 e. The second-order valence-electron chi connectivity index (χ2n) is 7.46. The molecule has 4 rings (SSSR count). The average Bonchev–Trinajstić information content (AvgIpc) is 3.07. The van der Waals surface area contributed by atoms with E-state index in [1.165, 1.54) is 11.1 Å². The van der Waals surface area contributed by atoms with Crippen molar-refractivity contribution in [3.05, 3.63) is 100 Å². The van der Waals surface area contributed by atoms with E-state index in [1.807, 2.05) is 36.4 Å². The number of aryl methyl sites for hydroxylation is 1. The molecule has 4 aromatic rings. The minimum atomic E-state index is -0.0376. The molecule has 30 heavy (non-hydrogen) atoms. The van der Waals surface area contributed by atoms with Crippen LogP contribution in [0.15, 0.2) is 72.8 Å². The molecule has 1 aromatic heterocycles. The maximum atomic E-state index is 12.3. The predicted octanol–water partition coefficient (Wildman–Crippen LogP) is 4.95. The normalized spacial score (nSPS) is 11.0. The van der Waals surface area contributed by atoms with Gasteiger partial charge in [0.25, 0.3) is 0 Å². The molecule has 0 aliphatic heterocycles. The highest BCUT2D eigenvalue weighted by molar-refractivity contribution is 6.31. The molecule has 0 fully saturated rings. The van der Waals surface area contributed by atoms with Gasteiger partial charge in [0.15, 0.2) is 0 Å². The Balaban J connectivity index is 1.47. The highest BCUT2D eigenvalue weighted by atomic mass is 35.5. The zero-order valence-corrected chi connectivity index (χ0v) is 17.7. The number of para-hydroxylation sites is 2. The first-order valence-electron chi connectivity index (χ1n) is 10.1. The number of hydrogen-bond donors (Lipinski definition) is 1. The number of aromatic nitrogens is 2. The number of carbonyl (C=O) groups is 1. The number of halogens is 1. The van der Waals surface area contributed by atoms with Gasteiger partial charge in [0.2, 0.25) is 5.91 Å². The first-order chi connectivity index (χ1) is 14.6. The van der Waals surface area contributed by atoms with Crippen LogP contribution in [-0.2, 0) is 24.2 Å². The molecule has 0 bridgehead atoms. The van der Waals surface area contributed by atoms with Crippen molar-refractivity contribution in [2.24, 2.45) is 0 Å². The van der Waals surface area contributed by atoms with Gasteiger partial charge in [0, 0.05) is 24.5 Å². The number of amides is 1. The van der Waals surface area contributed by atoms with Gasteiger partial charge >= 0.3 is 0 Å². The quantitative estimate of drug-likeness (QED) is 0.462. The van der Waals surface area contributed by atoms with Gasteiger partial charge in [0.1, 0.15) is 5.82 Å². The number of nitrogens with one attached hydrogen (secondary N) is 1. The maximum Gasteiger partial charge on any atom is 0.224 e. The summed E-state index contributed by atoms with van der Waals surface area (Å²) in [5.74, 6) is 0.931. The van der Waals surface area contributed by atoms with Crippen molar-refractivity contribution in [3.63, 3.8) is 0 Å². The third-order valence-corrected chi connectivity index (χ3v) is 5.51. The molecule has 0 atom stereocenters. The van der Waals surface area contributed by atoms with Crippen molar-refractivity contribution >= 4 is 28.5 Å². The minimum absolute atomic E-state index is 0.0376. The van der Waals surface area contributed by atoms with Crippen LogP contribution in [0.25, 0.3) is 11.0 Å². The summed E-state index contributed by atoms with van der Waals surface area (Å²) < 4.78 is 2.24. The van der Waals surface area contributed by atoms with E-state index >= 15 is 0 Å². The fourth-order valence-corrected chi connectivity index (χ4v) is 3.88. The van der Waals surface area contributed by atoms with Crippen LogP contribution < -0.4 is 5.32 Å². The highest BCUT2D eigenvalue weighted by Gasteiger charge is 2.12. The molecule has 152 valence electrons. The lowest BCUT2D eigenvalue weighted by molar-refractivity contribution is -0.120. The van der Waals surface area contributed by atoms with Gasteiger partial charge in [-0.15, -0.1) is 0 Å². The van der Waals surface area contributed by atoms with Gasteiger partial charge in [0.05, 0.1) is 17.5 Å². The number of hydrogen-bond acceptors (Lipinski definition) is 2. The number of fused-ring (bicyclic) bond motifs is 1. The molecule has 0 saturated heterocycles. The zero-order valence-electron chi connectivity index (χ0n) is 16.9. The van der Waals surface area contributed by atoms with Crippen LogP contribution in [0.1, 0.15) is 22.5 Å². The number of nitrogens with zero attached hydrogens (tertiary/aromatic N) is 2. The van der Waals surface area contributed by atoms with E-state index in [1.54, 1.807) is 6.07 Å². The summed E-state index contributed by atoms with van der Waals surface area (Å²) in [6.07, 6.45) is 0.939. The van der Waals surface area contributed by atoms with E-state index in [2.05, 4.69) is 47.1 Å². The van der Waals surface area contributed by atoms with Gasteiger partial charge in [-0.2, -0.15) is 0 Å². The van der Waals surface area contributed by atoms with Crippen molar-refractivity contribution in [3.8, 4) is 0 Å². The molecule has 1 N–H and O–H groups in total.